The highest BCUT2D eigenvalue weighted by molar-refractivity contribution is 7.11. The molecule has 1 rings (SSSR count). The zero-order valence-corrected chi connectivity index (χ0v) is 9.80. The summed E-state index contributed by atoms with van der Waals surface area (Å²) >= 11 is 0.942. The predicted molar refractivity (Wildman–Crippen MR) is 60.7 cm³/mol. The molecule has 1 atom stereocenters. The second-order valence-corrected chi connectivity index (χ2v) is 4.05. The summed E-state index contributed by atoms with van der Waals surface area (Å²) < 4.78 is 3.88. The number of nitrogens with zero attached hydrogens (tertiary/aromatic N) is 1. The highest BCUT2D eigenvalue weighted by Gasteiger charge is 2.20. The highest BCUT2D eigenvalue weighted by Crippen LogP contribution is 2.24. The molecular formula is C9H13N3O3S. The van der Waals surface area contributed by atoms with Gasteiger partial charge >= 0.3 is 5.97 Å². The van der Waals surface area contributed by atoms with Crippen molar-refractivity contribution < 1.29 is 14.7 Å². The van der Waals surface area contributed by atoms with Crippen molar-refractivity contribution in [3.63, 3.8) is 0 Å². The first kappa shape index (κ1) is 12.6. The van der Waals surface area contributed by atoms with Crippen molar-refractivity contribution in [2.75, 3.05) is 5.32 Å². The summed E-state index contributed by atoms with van der Waals surface area (Å²) in [5, 5.41) is 11.6. The van der Waals surface area contributed by atoms with Crippen molar-refractivity contribution in [1.82, 2.24) is 4.37 Å². The van der Waals surface area contributed by atoms with Crippen LogP contribution in [0.5, 0.6) is 0 Å². The number of aromatic nitrogens is 1. The molecule has 16 heavy (non-hydrogen) atoms. The molecule has 0 radical (unpaired) electrons. The van der Waals surface area contributed by atoms with Crippen LogP contribution in [0.15, 0.2) is 0 Å². The Hall–Kier alpha value is -1.47. The number of hydrogen-bond donors (Lipinski definition) is 3. The van der Waals surface area contributed by atoms with E-state index in [1.54, 1.807) is 13.8 Å². The van der Waals surface area contributed by atoms with Crippen LogP contribution in [0.25, 0.3) is 0 Å². The van der Waals surface area contributed by atoms with Gasteiger partial charge in [-0.3, -0.25) is 4.79 Å². The summed E-state index contributed by atoms with van der Waals surface area (Å²) in [6.45, 7) is 3.36. The van der Waals surface area contributed by atoms with Gasteiger partial charge in [0.1, 0.15) is 10.6 Å². The van der Waals surface area contributed by atoms with Crippen molar-refractivity contribution in [3.05, 3.63) is 11.3 Å². The molecule has 0 saturated heterocycles. The van der Waals surface area contributed by atoms with Gasteiger partial charge in [0.05, 0.1) is 11.7 Å². The van der Waals surface area contributed by atoms with Crippen LogP contribution < -0.4 is 11.1 Å². The maximum absolute atomic E-state index is 11.5. The number of carboxylic acid groups (broad SMARTS) is 1. The number of nitrogens with one attached hydrogen (secondary N) is 1. The fraction of sp³-hybridized carbons (Fsp3) is 0.444. The number of amides is 1. The number of aromatic carboxylic acids is 1. The van der Waals surface area contributed by atoms with Crippen LogP contribution >= 0.6 is 11.5 Å². The van der Waals surface area contributed by atoms with Crippen LogP contribution in [0.1, 0.15) is 29.4 Å². The topological polar surface area (TPSA) is 105 Å². The minimum Gasteiger partial charge on any atom is -0.478 e. The maximum Gasteiger partial charge on any atom is 0.340 e. The maximum atomic E-state index is 11.5. The molecule has 0 spiro atoms. The molecule has 0 aliphatic carbocycles. The molecular weight excluding hydrogens is 230 g/mol. The van der Waals surface area contributed by atoms with Gasteiger partial charge in [0.15, 0.2) is 0 Å². The molecule has 1 aromatic rings. The Kier molecular flexibility index (Phi) is 3.97. The Labute approximate surface area is 96.6 Å². The van der Waals surface area contributed by atoms with Gasteiger partial charge in [-0.25, -0.2) is 4.79 Å². The fourth-order valence-electron chi connectivity index (χ4n) is 1.10. The third-order valence-electron chi connectivity index (χ3n) is 2.09. The van der Waals surface area contributed by atoms with E-state index < -0.39 is 17.9 Å². The number of carbonyl (C=O) groups is 2. The van der Waals surface area contributed by atoms with Crippen molar-refractivity contribution in [3.8, 4) is 0 Å². The Balaban J connectivity index is 2.90. The lowest BCUT2D eigenvalue weighted by Crippen LogP contribution is -2.34. The molecule has 0 unspecified atom stereocenters. The van der Waals surface area contributed by atoms with Gasteiger partial charge in [-0.2, -0.15) is 4.37 Å². The lowest BCUT2D eigenvalue weighted by Gasteiger charge is -2.08. The van der Waals surface area contributed by atoms with Crippen LogP contribution in [0.4, 0.5) is 5.00 Å². The van der Waals surface area contributed by atoms with E-state index in [-0.39, 0.29) is 10.6 Å². The van der Waals surface area contributed by atoms with Crippen LogP contribution in [-0.4, -0.2) is 27.4 Å². The van der Waals surface area contributed by atoms with Gasteiger partial charge in [0.2, 0.25) is 5.91 Å². The summed E-state index contributed by atoms with van der Waals surface area (Å²) in [6.07, 6.45) is 0.492. The number of nitrogens with two attached hydrogens (primary N) is 1. The van der Waals surface area contributed by atoms with Gasteiger partial charge in [-0.1, -0.05) is 6.92 Å². The van der Waals surface area contributed by atoms with Crippen molar-refractivity contribution >= 4 is 28.4 Å². The molecule has 0 aliphatic rings. The van der Waals surface area contributed by atoms with Crippen molar-refractivity contribution in [2.24, 2.45) is 5.73 Å². The Morgan fingerprint density at radius 1 is 1.62 bits per heavy atom. The minimum atomic E-state index is -1.10. The van der Waals surface area contributed by atoms with E-state index in [1.807, 2.05) is 0 Å². The normalized spacial score (nSPS) is 12.2. The SMILES string of the molecule is CC[C@@H](N)C(=O)Nc1snc(C)c1C(=O)O. The number of anilines is 1. The second-order valence-electron chi connectivity index (χ2n) is 3.28. The summed E-state index contributed by atoms with van der Waals surface area (Å²) in [7, 11) is 0. The summed E-state index contributed by atoms with van der Waals surface area (Å²) in [6, 6.07) is -0.635. The van der Waals surface area contributed by atoms with Crippen LogP contribution in [0.3, 0.4) is 0 Å². The fourth-order valence-corrected chi connectivity index (χ4v) is 1.89. The van der Waals surface area contributed by atoms with Gasteiger partial charge in [0.25, 0.3) is 0 Å². The Morgan fingerprint density at radius 2 is 2.25 bits per heavy atom. The molecule has 0 aliphatic heterocycles. The number of hydrogen-bond acceptors (Lipinski definition) is 5. The molecule has 0 saturated carbocycles. The number of aryl methyl sites for hydroxylation is 1. The van der Waals surface area contributed by atoms with E-state index in [4.69, 9.17) is 10.8 Å². The molecule has 0 bridgehead atoms. The quantitative estimate of drug-likeness (QED) is 0.726. The van der Waals surface area contributed by atoms with E-state index in [0.29, 0.717) is 12.1 Å². The van der Waals surface area contributed by atoms with E-state index in [2.05, 4.69) is 9.69 Å². The van der Waals surface area contributed by atoms with Gasteiger partial charge in [0, 0.05) is 0 Å². The number of rotatable bonds is 4. The molecule has 7 heteroatoms. The molecule has 1 aromatic heterocycles. The first-order valence-electron chi connectivity index (χ1n) is 4.73. The minimum absolute atomic E-state index is 0.0293. The molecule has 88 valence electrons. The molecule has 4 N–H and O–H groups in total. The molecule has 1 amide bonds. The standard InChI is InChI=1S/C9H13N3O3S/c1-3-5(10)7(13)11-8-6(9(14)15)4(2)12-16-8/h5H,3,10H2,1-2H3,(H,11,13)(H,14,15)/t5-/m1/s1. The van der Waals surface area contributed by atoms with Crippen molar-refractivity contribution in [1.29, 1.82) is 0 Å². The predicted octanol–water partition coefficient (Wildman–Crippen LogP) is 0.826. The molecule has 6 nitrogen and oxygen atoms in total. The Bertz CT molecular complexity index is 416. The summed E-state index contributed by atoms with van der Waals surface area (Å²) in [5.74, 6) is -1.50. The van der Waals surface area contributed by atoms with E-state index in [9.17, 15) is 9.59 Å². The van der Waals surface area contributed by atoms with Gasteiger partial charge in [-0.15, -0.1) is 0 Å². The third-order valence-corrected chi connectivity index (χ3v) is 2.94. The van der Waals surface area contributed by atoms with Gasteiger partial charge in [-0.05, 0) is 24.9 Å². The second kappa shape index (κ2) is 5.04. The first-order valence-corrected chi connectivity index (χ1v) is 5.50. The average Bonchev–Trinajstić information content (AvgIpc) is 2.58. The van der Waals surface area contributed by atoms with Crippen LogP contribution in [0, 0.1) is 6.92 Å². The smallest absolute Gasteiger partial charge is 0.340 e. The van der Waals surface area contributed by atoms with Crippen LogP contribution in [-0.2, 0) is 4.79 Å². The van der Waals surface area contributed by atoms with Gasteiger partial charge < -0.3 is 16.2 Å². The lowest BCUT2D eigenvalue weighted by atomic mass is 10.2. The lowest BCUT2D eigenvalue weighted by molar-refractivity contribution is -0.117. The van der Waals surface area contributed by atoms with E-state index in [0.717, 1.165) is 11.5 Å². The number of carbonyl (C=O) groups excluding carboxylic acids is 1. The third kappa shape index (κ3) is 2.56. The molecule has 0 fully saturated rings. The molecule has 1 heterocycles. The zero-order valence-electron chi connectivity index (χ0n) is 8.98. The monoisotopic (exact) mass is 243 g/mol. The summed E-state index contributed by atoms with van der Waals surface area (Å²) in [5.41, 5.74) is 5.94. The number of carboxylic acids is 1. The van der Waals surface area contributed by atoms with Crippen molar-refractivity contribution in [2.45, 2.75) is 26.3 Å². The van der Waals surface area contributed by atoms with E-state index in [1.165, 1.54) is 0 Å². The zero-order chi connectivity index (χ0) is 12.3. The Morgan fingerprint density at radius 3 is 2.75 bits per heavy atom. The highest BCUT2D eigenvalue weighted by atomic mass is 32.1. The van der Waals surface area contributed by atoms with E-state index >= 15 is 0 Å². The largest absolute Gasteiger partial charge is 0.478 e. The van der Waals surface area contributed by atoms with Crippen LogP contribution in [0.2, 0.25) is 0 Å². The first-order chi connectivity index (χ1) is 7.47. The summed E-state index contributed by atoms with van der Waals surface area (Å²) in [4.78, 5) is 22.4. The molecule has 0 aromatic carbocycles. The average molecular weight is 243 g/mol.